The highest BCUT2D eigenvalue weighted by Gasteiger charge is 2.44. The van der Waals surface area contributed by atoms with E-state index < -0.39 is 0 Å². The van der Waals surface area contributed by atoms with Crippen LogP contribution in [0.5, 0.6) is 0 Å². The number of carbonyl (C=O) groups excluding carboxylic acids is 1. The number of amides is 1. The fourth-order valence-corrected chi connectivity index (χ4v) is 3.75. The minimum Gasteiger partial charge on any atom is -0.356 e. The normalized spacial score (nSPS) is 23.8. The molecule has 1 atom stereocenters. The fourth-order valence-electron chi connectivity index (χ4n) is 3.75. The lowest BCUT2D eigenvalue weighted by molar-refractivity contribution is -0.125. The Balaban J connectivity index is 1.53. The van der Waals surface area contributed by atoms with Gasteiger partial charge in [-0.05, 0) is 31.1 Å². The smallest absolute Gasteiger partial charge is 0.245 e. The quantitative estimate of drug-likeness (QED) is 0.789. The molecule has 1 amide bonds. The van der Waals surface area contributed by atoms with Gasteiger partial charge in [0.1, 0.15) is 17.7 Å². The first-order chi connectivity index (χ1) is 11.2. The lowest BCUT2D eigenvalue weighted by Crippen LogP contribution is -2.33. The summed E-state index contributed by atoms with van der Waals surface area (Å²) in [6, 6.07) is 4.02. The number of fused-ring (bicyclic) bond motifs is 1. The first kappa shape index (κ1) is 14.1. The molecule has 0 bridgehead atoms. The van der Waals surface area contributed by atoms with Crippen molar-refractivity contribution in [1.29, 1.82) is 0 Å². The highest BCUT2D eigenvalue weighted by atomic mass is 16.2. The van der Waals surface area contributed by atoms with Crippen molar-refractivity contribution in [3.63, 3.8) is 0 Å². The van der Waals surface area contributed by atoms with Crippen molar-refractivity contribution in [2.75, 3.05) is 31.1 Å². The van der Waals surface area contributed by atoms with Crippen molar-refractivity contribution >= 4 is 22.8 Å². The number of pyridine rings is 1. The summed E-state index contributed by atoms with van der Waals surface area (Å²) in [6.45, 7) is 7.16. The van der Waals surface area contributed by atoms with E-state index in [2.05, 4.69) is 26.4 Å². The molecule has 0 aromatic carbocycles. The van der Waals surface area contributed by atoms with Gasteiger partial charge in [0.15, 0.2) is 0 Å². The minimum absolute atomic E-state index is 0.0429. The van der Waals surface area contributed by atoms with E-state index in [4.69, 9.17) is 0 Å². The van der Waals surface area contributed by atoms with E-state index in [0.717, 1.165) is 55.9 Å². The van der Waals surface area contributed by atoms with E-state index >= 15 is 0 Å². The second-order valence-corrected chi connectivity index (χ2v) is 6.48. The van der Waals surface area contributed by atoms with Gasteiger partial charge in [0.2, 0.25) is 5.91 Å². The molecule has 4 rings (SSSR count). The number of nitrogens with zero attached hydrogens (tertiary/aromatic N) is 5. The second kappa shape index (κ2) is 5.30. The molecule has 2 aromatic rings. The van der Waals surface area contributed by atoms with Crippen molar-refractivity contribution in [2.24, 2.45) is 5.41 Å². The van der Waals surface area contributed by atoms with E-state index in [-0.39, 0.29) is 11.3 Å². The molecule has 2 aliphatic heterocycles. The van der Waals surface area contributed by atoms with Gasteiger partial charge in [-0.1, -0.05) is 6.58 Å². The van der Waals surface area contributed by atoms with Crippen LogP contribution < -0.4 is 4.90 Å². The number of anilines is 1. The van der Waals surface area contributed by atoms with Crippen molar-refractivity contribution in [1.82, 2.24) is 19.9 Å². The zero-order chi connectivity index (χ0) is 15.9. The zero-order valence-corrected chi connectivity index (χ0v) is 13.0. The Hall–Kier alpha value is -2.50. The summed E-state index contributed by atoms with van der Waals surface area (Å²) in [6.07, 6.45) is 6.85. The summed E-state index contributed by atoms with van der Waals surface area (Å²) in [4.78, 5) is 29.0. The molecule has 0 aliphatic carbocycles. The molecular weight excluding hydrogens is 290 g/mol. The van der Waals surface area contributed by atoms with Gasteiger partial charge in [0.05, 0.1) is 11.7 Å². The monoisotopic (exact) mass is 309 g/mol. The van der Waals surface area contributed by atoms with E-state index in [1.165, 1.54) is 12.4 Å². The van der Waals surface area contributed by atoms with Crippen LogP contribution in [-0.2, 0) is 4.79 Å². The van der Waals surface area contributed by atoms with Crippen LogP contribution in [0.1, 0.15) is 12.8 Å². The summed E-state index contributed by atoms with van der Waals surface area (Å²) in [5, 5.41) is 0. The van der Waals surface area contributed by atoms with Gasteiger partial charge >= 0.3 is 0 Å². The van der Waals surface area contributed by atoms with Gasteiger partial charge < -0.3 is 9.80 Å². The van der Waals surface area contributed by atoms with E-state index in [1.807, 2.05) is 17.0 Å². The third kappa shape index (κ3) is 2.44. The van der Waals surface area contributed by atoms with Crippen molar-refractivity contribution < 1.29 is 4.79 Å². The highest BCUT2D eigenvalue weighted by Crippen LogP contribution is 2.40. The predicted octanol–water partition coefficient (Wildman–Crippen LogP) is 1.64. The Bertz CT molecular complexity index is 776. The van der Waals surface area contributed by atoms with Crippen molar-refractivity contribution in [2.45, 2.75) is 12.8 Å². The molecular formula is C17H19N5O. The average molecular weight is 309 g/mol. The summed E-state index contributed by atoms with van der Waals surface area (Å²) in [5.74, 6) is 1.01. The maximum atomic E-state index is 11.8. The number of carbonyl (C=O) groups is 1. The predicted molar refractivity (Wildman–Crippen MR) is 88.0 cm³/mol. The largest absolute Gasteiger partial charge is 0.356 e. The molecule has 4 heterocycles. The van der Waals surface area contributed by atoms with Crippen LogP contribution >= 0.6 is 0 Å². The molecule has 0 saturated carbocycles. The molecule has 0 N–H and O–H groups in total. The number of hydrogen-bond acceptors (Lipinski definition) is 5. The topological polar surface area (TPSA) is 62.2 Å². The lowest BCUT2D eigenvalue weighted by Gasteiger charge is -2.24. The molecule has 118 valence electrons. The van der Waals surface area contributed by atoms with Gasteiger partial charge in [-0.2, -0.15) is 0 Å². The molecule has 2 aliphatic rings. The minimum atomic E-state index is 0.0429. The average Bonchev–Trinajstić information content (AvgIpc) is 3.21. The van der Waals surface area contributed by atoms with E-state index in [9.17, 15) is 4.79 Å². The van der Waals surface area contributed by atoms with Gasteiger partial charge in [-0.25, -0.2) is 15.0 Å². The number of rotatable bonds is 2. The molecule has 1 spiro atoms. The van der Waals surface area contributed by atoms with Crippen molar-refractivity contribution in [3.8, 4) is 0 Å². The summed E-state index contributed by atoms with van der Waals surface area (Å²) < 4.78 is 0. The molecule has 2 saturated heterocycles. The fraction of sp³-hybridized carbons (Fsp3) is 0.412. The first-order valence-corrected chi connectivity index (χ1v) is 7.92. The Morgan fingerprint density at radius 3 is 2.96 bits per heavy atom. The molecule has 0 radical (unpaired) electrons. The van der Waals surface area contributed by atoms with E-state index in [1.54, 1.807) is 6.20 Å². The van der Waals surface area contributed by atoms with Gasteiger partial charge in [-0.3, -0.25) is 4.79 Å². The van der Waals surface area contributed by atoms with Gasteiger partial charge in [0.25, 0.3) is 0 Å². The summed E-state index contributed by atoms with van der Waals surface area (Å²) >= 11 is 0. The molecule has 1 unspecified atom stereocenters. The Morgan fingerprint density at radius 1 is 1.22 bits per heavy atom. The number of hydrogen-bond donors (Lipinski definition) is 0. The van der Waals surface area contributed by atoms with Crippen LogP contribution in [0.3, 0.4) is 0 Å². The summed E-state index contributed by atoms with van der Waals surface area (Å²) in [7, 11) is 0. The molecule has 6 heteroatoms. The summed E-state index contributed by atoms with van der Waals surface area (Å²) in [5.41, 5.74) is 1.88. The number of aromatic nitrogens is 3. The maximum Gasteiger partial charge on any atom is 0.245 e. The zero-order valence-electron chi connectivity index (χ0n) is 13.0. The maximum absolute atomic E-state index is 11.8. The molecule has 2 fully saturated rings. The standard InChI is InChI=1S/C17H19N5O/c1-2-16(23)22-8-6-17(11-22)5-7-21(10-17)15-4-3-13-14(20-15)9-18-12-19-13/h2-4,9,12H,1,5-8,10-11H2. The molecule has 2 aromatic heterocycles. The van der Waals surface area contributed by atoms with Crippen LogP contribution in [0.4, 0.5) is 5.82 Å². The van der Waals surface area contributed by atoms with Crippen LogP contribution in [-0.4, -0.2) is 51.9 Å². The van der Waals surface area contributed by atoms with Crippen LogP contribution in [0, 0.1) is 5.41 Å². The third-order valence-electron chi connectivity index (χ3n) is 5.03. The van der Waals surface area contributed by atoms with Gasteiger partial charge in [0, 0.05) is 31.6 Å². The Kier molecular flexibility index (Phi) is 3.25. The Labute approximate surface area is 134 Å². The van der Waals surface area contributed by atoms with Crippen LogP contribution in [0.25, 0.3) is 11.0 Å². The SMILES string of the molecule is C=CC(=O)N1CCC2(CCN(c3ccc4ncncc4n3)C2)C1. The van der Waals surface area contributed by atoms with E-state index in [0.29, 0.717) is 0 Å². The molecule has 6 nitrogen and oxygen atoms in total. The third-order valence-corrected chi connectivity index (χ3v) is 5.03. The number of likely N-dealkylation sites (tertiary alicyclic amines) is 1. The molecule has 23 heavy (non-hydrogen) atoms. The first-order valence-electron chi connectivity index (χ1n) is 7.92. The Morgan fingerprint density at radius 2 is 2.09 bits per heavy atom. The highest BCUT2D eigenvalue weighted by molar-refractivity contribution is 5.87. The van der Waals surface area contributed by atoms with Gasteiger partial charge in [-0.15, -0.1) is 0 Å². The van der Waals surface area contributed by atoms with Crippen LogP contribution in [0.2, 0.25) is 0 Å². The second-order valence-electron chi connectivity index (χ2n) is 6.48. The lowest BCUT2D eigenvalue weighted by atomic mass is 9.86. The van der Waals surface area contributed by atoms with Crippen LogP contribution in [0.15, 0.2) is 37.3 Å². The van der Waals surface area contributed by atoms with Crippen molar-refractivity contribution in [3.05, 3.63) is 37.3 Å².